The number of nitrogens with two attached hydrogens (primary N) is 1. The van der Waals surface area contributed by atoms with Gasteiger partial charge < -0.3 is 10.8 Å². The summed E-state index contributed by atoms with van der Waals surface area (Å²) >= 11 is 0. The van der Waals surface area contributed by atoms with Crippen LogP contribution < -0.4 is 5.73 Å². The Morgan fingerprint density at radius 1 is 1.20 bits per heavy atom. The molecule has 3 N–H and O–H groups in total. The van der Waals surface area contributed by atoms with Crippen molar-refractivity contribution < 1.29 is 9.90 Å². The number of nitrogens with zero attached hydrogens (tertiary/aromatic N) is 1. The van der Waals surface area contributed by atoms with Crippen LogP contribution in [0, 0.1) is 11.3 Å². The average molecular weight is 264 g/mol. The number of benzene rings is 2. The third kappa shape index (κ3) is 3.03. The molecular formula is C16H12N2O2. The van der Waals surface area contributed by atoms with Gasteiger partial charge in [0, 0.05) is 11.3 Å². The van der Waals surface area contributed by atoms with Crippen LogP contribution in [0.4, 0.5) is 5.69 Å². The van der Waals surface area contributed by atoms with Gasteiger partial charge in [0.05, 0.1) is 0 Å². The van der Waals surface area contributed by atoms with Gasteiger partial charge in [-0.2, -0.15) is 5.26 Å². The van der Waals surface area contributed by atoms with Crippen LogP contribution in [0.2, 0.25) is 0 Å². The number of phenols is 1. The summed E-state index contributed by atoms with van der Waals surface area (Å²) in [5, 5.41) is 18.5. The summed E-state index contributed by atoms with van der Waals surface area (Å²) in [6, 6.07) is 14.6. The molecule has 0 radical (unpaired) electrons. The molecule has 0 saturated carbocycles. The standard InChI is InChI=1S/C16H12N2O2/c17-10-13(8-11-2-1-3-15(19)9-11)16(20)12-4-6-14(18)7-5-12/h1-9,19H,18H2/b13-8-. The molecule has 2 aromatic rings. The van der Waals surface area contributed by atoms with E-state index in [1.54, 1.807) is 36.4 Å². The van der Waals surface area contributed by atoms with Crippen LogP contribution in [0.1, 0.15) is 15.9 Å². The van der Waals surface area contributed by atoms with E-state index in [1.807, 2.05) is 6.07 Å². The lowest BCUT2D eigenvalue weighted by atomic mass is 10.0. The molecule has 2 rings (SSSR count). The van der Waals surface area contributed by atoms with E-state index in [1.165, 1.54) is 18.2 Å². The van der Waals surface area contributed by atoms with Crippen LogP contribution in [0.3, 0.4) is 0 Å². The highest BCUT2D eigenvalue weighted by molar-refractivity contribution is 6.14. The summed E-state index contributed by atoms with van der Waals surface area (Å²) < 4.78 is 0. The van der Waals surface area contributed by atoms with Crippen molar-refractivity contribution in [1.29, 1.82) is 5.26 Å². The first-order chi connectivity index (χ1) is 9.60. The minimum atomic E-state index is -0.379. The van der Waals surface area contributed by atoms with Crippen molar-refractivity contribution in [2.75, 3.05) is 5.73 Å². The second kappa shape index (κ2) is 5.72. The SMILES string of the molecule is N#C/C(=C/c1cccc(O)c1)C(=O)c1ccc(N)cc1. The smallest absolute Gasteiger partial charge is 0.203 e. The zero-order valence-electron chi connectivity index (χ0n) is 10.6. The van der Waals surface area contributed by atoms with Crippen LogP contribution in [-0.4, -0.2) is 10.9 Å². The predicted octanol–water partition coefficient (Wildman–Crippen LogP) is 2.76. The Balaban J connectivity index is 2.35. The Labute approximate surface area is 116 Å². The van der Waals surface area contributed by atoms with Crippen molar-refractivity contribution in [3.05, 3.63) is 65.2 Å². The molecule has 2 aromatic carbocycles. The lowest BCUT2D eigenvalue weighted by Crippen LogP contribution is -2.02. The molecule has 4 heteroatoms. The molecule has 98 valence electrons. The van der Waals surface area contributed by atoms with Gasteiger partial charge in [-0.1, -0.05) is 12.1 Å². The Bertz CT molecular complexity index is 710. The number of nitriles is 1. The van der Waals surface area contributed by atoms with Crippen molar-refractivity contribution in [2.45, 2.75) is 0 Å². The topological polar surface area (TPSA) is 87.1 Å². The first-order valence-electron chi connectivity index (χ1n) is 5.91. The minimum absolute atomic E-state index is 0.000344. The summed E-state index contributed by atoms with van der Waals surface area (Å²) in [4.78, 5) is 12.2. The number of phenolic OH excluding ortho intramolecular Hbond substituents is 1. The molecular weight excluding hydrogens is 252 g/mol. The second-order valence-electron chi connectivity index (χ2n) is 4.22. The number of anilines is 1. The fraction of sp³-hybridized carbons (Fsp3) is 0. The number of carbonyl (C=O) groups is 1. The van der Waals surface area contributed by atoms with Crippen LogP contribution in [-0.2, 0) is 0 Å². The fourth-order valence-corrected chi connectivity index (χ4v) is 1.72. The van der Waals surface area contributed by atoms with Gasteiger partial charge in [-0.15, -0.1) is 0 Å². The molecule has 0 atom stereocenters. The second-order valence-corrected chi connectivity index (χ2v) is 4.22. The van der Waals surface area contributed by atoms with Crippen LogP contribution >= 0.6 is 0 Å². The molecule has 0 heterocycles. The summed E-state index contributed by atoms with van der Waals surface area (Å²) in [5.41, 5.74) is 7.09. The van der Waals surface area contributed by atoms with E-state index in [0.717, 1.165) is 0 Å². The Hall–Kier alpha value is -3.06. The molecule has 0 aliphatic rings. The zero-order valence-corrected chi connectivity index (χ0v) is 10.6. The van der Waals surface area contributed by atoms with Gasteiger partial charge >= 0.3 is 0 Å². The van der Waals surface area contributed by atoms with Crippen molar-refractivity contribution in [1.82, 2.24) is 0 Å². The van der Waals surface area contributed by atoms with E-state index in [-0.39, 0.29) is 17.1 Å². The van der Waals surface area contributed by atoms with Gasteiger partial charge in [-0.05, 0) is 48.0 Å². The first-order valence-corrected chi connectivity index (χ1v) is 5.91. The normalized spacial score (nSPS) is 10.8. The lowest BCUT2D eigenvalue weighted by molar-refractivity contribution is 0.104. The molecule has 0 unspecified atom stereocenters. The highest BCUT2D eigenvalue weighted by Gasteiger charge is 2.11. The fourth-order valence-electron chi connectivity index (χ4n) is 1.72. The van der Waals surface area contributed by atoms with Crippen LogP contribution in [0.25, 0.3) is 6.08 Å². The molecule has 4 nitrogen and oxygen atoms in total. The third-order valence-electron chi connectivity index (χ3n) is 2.72. The molecule has 0 bridgehead atoms. The Kier molecular flexibility index (Phi) is 3.82. The van der Waals surface area contributed by atoms with E-state index >= 15 is 0 Å². The number of ketones is 1. The number of carbonyl (C=O) groups excluding carboxylic acids is 1. The maximum atomic E-state index is 12.2. The van der Waals surface area contributed by atoms with Gasteiger partial charge in [-0.25, -0.2) is 0 Å². The van der Waals surface area contributed by atoms with Gasteiger partial charge in [0.15, 0.2) is 0 Å². The van der Waals surface area contributed by atoms with Gasteiger partial charge in [-0.3, -0.25) is 4.79 Å². The highest BCUT2D eigenvalue weighted by atomic mass is 16.3. The summed E-state index contributed by atoms with van der Waals surface area (Å²) in [7, 11) is 0. The third-order valence-corrected chi connectivity index (χ3v) is 2.72. The summed E-state index contributed by atoms with van der Waals surface area (Å²) in [6.45, 7) is 0. The van der Waals surface area contributed by atoms with Crippen LogP contribution in [0.5, 0.6) is 5.75 Å². The van der Waals surface area contributed by atoms with E-state index in [9.17, 15) is 9.90 Å². The van der Waals surface area contributed by atoms with E-state index in [0.29, 0.717) is 16.8 Å². The number of Topliss-reactive ketones (excluding diaryl/α,β-unsaturated/α-hetero) is 1. The van der Waals surface area contributed by atoms with Gasteiger partial charge in [0.25, 0.3) is 0 Å². The van der Waals surface area contributed by atoms with E-state index in [4.69, 9.17) is 11.0 Å². The van der Waals surface area contributed by atoms with Crippen molar-refractivity contribution in [2.24, 2.45) is 0 Å². The first kappa shape index (κ1) is 13.4. The molecule has 0 aromatic heterocycles. The zero-order chi connectivity index (χ0) is 14.5. The largest absolute Gasteiger partial charge is 0.508 e. The molecule has 0 aliphatic carbocycles. The molecule has 20 heavy (non-hydrogen) atoms. The summed E-state index contributed by atoms with van der Waals surface area (Å²) in [5.74, 6) is -0.299. The van der Waals surface area contributed by atoms with Gasteiger partial charge in [0.2, 0.25) is 5.78 Å². The van der Waals surface area contributed by atoms with Gasteiger partial charge in [0.1, 0.15) is 17.4 Å². The monoisotopic (exact) mass is 264 g/mol. The number of nitrogen functional groups attached to an aromatic ring is 1. The van der Waals surface area contributed by atoms with Crippen molar-refractivity contribution in [3.63, 3.8) is 0 Å². The number of hydrogen-bond acceptors (Lipinski definition) is 4. The molecule has 0 fully saturated rings. The highest BCUT2D eigenvalue weighted by Crippen LogP contribution is 2.17. The maximum Gasteiger partial charge on any atom is 0.203 e. The molecule has 0 amide bonds. The number of aromatic hydroxyl groups is 1. The minimum Gasteiger partial charge on any atom is -0.508 e. The lowest BCUT2D eigenvalue weighted by Gasteiger charge is -2.01. The number of hydrogen-bond donors (Lipinski definition) is 2. The van der Waals surface area contributed by atoms with Crippen molar-refractivity contribution in [3.8, 4) is 11.8 Å². The predicted molar refractivity (Wildman–Crippen MR) is 76.9 cm³/mol. The quantitative estimate of drug-likeness (QED) is 0.386. The van der Waals surface area contributed by atoms with E-state index < -0.39 is 0 Å². The molecule has 0 aliphatic heterocycles. The number of allylic oxidation sites excluding steroid dienone is 1. The average Bonchev–Trinajstić information content (AvgIpc) is 2.45. The Morgan fingerprint density at radius 3 is 2.50 bits per heavy atom. The number of rotatable bonds is 3. The van der Waals surface area contributed by atoms with Crippen molar-refractivity contribution >= 4 is 17.5 Å². The Morgan fingerprint density at radius 2 is 1.90 bits per heavy atom. The molecule has 0 saturated heterocycles. The maximum absolute atomic E-state index is 12.2. The summed E-state index contributed by atoms with van der Waals surface area (Å²) in [6.07, 6.45) is 1.44. The van der Waals surface area contributed by atoms with E-state index in [2.05, 4.69) is 0 Å². The molecule has 0 spiro atoms. The van der Waals surface area contributed by atoms with Crippen LogP contribution in [0.15, 0.2) is 54.1 Å².